The number of hydrazine groups is 1. The van der Waals surface area contributed by atoms with Crippen LogP contribution in [0.3, 0.4) is 0 Å². The molecule has 1 aliphatic rings. The van der Waals surface area contributed by atoms with E-state index in [0.717, 1.165) is 11.4 Å². The molecule has 1 aliphatic heterocycles. The number of carbonyl (C=O) groups is 2. The maximum Gasteiger partial charge on any atom is 0.429 e. The minimum atomic E-state index is -0.665. The van der Waals surface area contributed by atoms with E-state index >= 15 is 0 Å². The highest BCUT2D eigenvalue weighted by Gasteiger charge is 2.35. The number of aryl methyl sites for hydroxylation is 1. The lowest BCUT2D eigenvalue weighted by atomic mass is 10.2. The zero-order valence-electron chi connectivity index (χ0n) is 18.0. The molecule has 1 saturated heterocycles. The predicted molar refractivity (Wildman–Crippen MR) is 107 cm³/mol. The quantitative estimate of drug-likeness (QED) is 0.727. The Morgan fingerprint density at radius 1 is 0.857 bits per heavy atom. The van der Waals surface area contributed by atoms with Crippen LogP contribution in [0.5, 0.6) is 0 Å². The molecule has 1 aromatic rings. The van der Waals surface area contributed by atoms with Gasteiger partial charge in [-0.25, -0.2) is 24.6 Å². The van der Waals surface area contributed by atoms with Gasteiger partial charge in [-0.3, -0.25) is 0 Å². The van der Waals surface area contributed by atoms with E-state index in [0.29, 0.717) is 13.1 Å². The highest BCUT2D eigenvalue weighted by molar-refractivity contribution is 5.75. The van der Waals surface area contributed by atoms with Gasteiger partial charge in [-0.2, -0.15) is 0 Å². The molecule has 0 spiro atoms. The molecular formula is C20H32N4O4. The van der Waals surface area contributed by atoms with Gasteiger partial charge in [0.1, 0.15) is 17.0 Å². The number of pyridine rings is 1. The zero-order chi connectivity index (χ0) is 21.1. The van der Waals surface area contributed by atoms with Crippen molar-refractivity contribution in [3.63, 3.8) is 0 Å². The molecule has 2 amide bonds. The lowest BCUT2D eigenvalue weighted by Crippen LogP contribution is -2.53. The van der Waals surface area contributed by atoms with Crippen LogP contribution in [-0.4, -0.2) is 64.6 Å². The van der Waals surface area contributed by atoms with Gasteiger partial charge in [0, 0.05) is 19.3 Å². The fourth-order valence-corrected chi connectivity index (χ4v) is 2.67. The van der Waals surface area contributed by atoms with Crippen LogP contribution in [0.2, 0.25) is 0 Å². The molecule has 0 aliphatic carbocycles. The van der Waals surface area contributed by atoms with Crippen LogP contribution in [0.4, 0.5) is 15.4 Å². The molecule has 8 nitrogen and oxygen atoms in total. The van der Waals surface area contributed by atoms with Crippen LogP contribution >= 0.6 is 0 Å². The predicted octanol–water partition coefficient (Wildman–Crippen LogP) is 3.60. The number of hydrogen-bond acceptors (Lipinski definition) is 6. The van der Waals surface area contributed by atoms with Crippen molar-refractivity contribution in [2.75, 3.05) is 31.1 Å². The summed E-state index contributed by atoms with van der Waals surface area (Å²) < 4.78 is 11.0. The summed E-state index contributed by atoms with van der Waals surface area (Å²) in [5, 5.41) is 2.65. The first-order valence-corrected chi connectivity index (χ1v) is 9.54. The third kappa shape index (κ3) is 6.28. The molecule has 0 N–H and O–H groups in total. The van der Waals surface area contributed by atoms with Crippen molar-refractivity contribution >= 4 is 18.0 Å². The van der Waals surface area contributed by atoms with Crippen LogP contribution < -0.4 is 4.90 Å². The summed E-state index contributed by atoms with van der Waals surface area (Å²) in [6, 6.07) is 3.93. The van der Waals surface area contributed by atoms with Gasteiger partial charge in [0.25, 0.3) is 0 Å². The van der Waals surface area contributed by atoms with Gasteiger partial charge in [-0.05, 0) is 60.1 Å². The average Bonchev–Trinajstić information content (AvgIpc) is 2.75. The minimum absolute atomic E-state index is 0.281. The van der Waals surface area contributed by atoms with E-state index in [1.165, 1.54) is 10.0 Å². The minimum Gasteiger partial charge on any atom is -0.442 e. The van der Waals surface area contributed by atoms with Crippen molar-refractivity contribution in [3.05, 3.63) is 23.9 Å². The number of amides is 2. The van der Waals surface area contributed by atoms with Crippen LogP contribution in [0, 0.1) is 6.92 Å². The third-order valence-corrected chi connectivity index (χ3v) is 3.88. The summed E-state index contributed by atoms with van der Waals surface area (Å²) in [7, 11) is 0. The van der Waals surface area contributed by atoms with Crippen LogP contribution in [0.1, 0.15) is 47.1 Å². The van der Waals surface area contributed by atoms with Crippen molar-refractivity contribution in [1.82, 2.24) is 15.0 Å². The Kier molecular flexibility index (Phi) is 6.41. The lowest BCUT2D eigenvalue weighted by Gasteiger charge is -2.35. The Balaban J connectivity index is 2.23. The van der Waals surface area contributed by atoms with Gasteiger partial charge in [-0.1, -0.05) is 6.07 Å². The fraction of sp³-hybridized carbons (Fsp3) is 0.650. The number of hydrogen-bond donors (Lipinski definition) is 0. The first-order chi connectivity index (χ1) is 12.9. The number of ether oxygens (including phenoxy) is 2. The molecule has 2 heterocycles. The second kappa shape index (κ2) is 8.24. The molecule has 1 fully saturated rings. The van der Waals surface area contributed by atoms with Crippen molar-refractivity contribution < 1.29 is 19.1 Å². The van der Waals surface area contributed by atoms with Crippen molar-refractivity contribution in [2.45, 2.75) is 59.7 Å². The standard InChI is InChI=1S/C20H32N4O4/c1-15-8-9-16(21-14-15)22-10-12-23(17(25)27-19(2,3)4)24(13-11-22)18(26)28-20(5,6)7/h8-9,14H,10-13H2,1-7H3. The first kappa shape index (κ1) is 21.8. The second-order valence-electron chi connectivity index (χ2n) is 8.89. The Morgan fingerprint density at radius 2 is 1.32 bits per heavy atom. The van der Waals surface area contributed by atoms with E-state index in [4.69, 9.17) is 9.47 Å². The molecule has 0 bridgehead atoms. The van der Waals surface area contributed by atoms with E-state index in [-0.39, 0.29) is 13.1 Å². The van der Waals surface area contributed by atoms with Crippen LogP contribution in [-0.2, 0) is 9.47 Å². The van der Waals surface area contributed by atoms with Crippen LogP contribution in [0.15, 0.2) is 18.3 Å². The maximum atomic E-state index is 12.8. The van der Waals surface area contributed by atoms with Crippen molar-refractivity contribution in [2.24, 2.45) is 0 Å². The van der Waals surface area contributed by atoms with E-state index in [1.807, 2.05) is 24.0 Å². The Labute approximate surface area is 167 Å². The molecule has 28 heavy (non-hydrogen) atoms. The first-order valence-electron chi connectivity index (χ1n) is 9.54. The van der Waals surface area contributed by atoms with Crippen molar-refractivity contribution in [1.29, 1.82) is 0 Å². The van der Waals surface area contributed by atoms with E-state index in [9.17, 15) is 9.59 Å². The Bertz CT molecular complexity index is 654. The molecule has 0 atom stereocenters. The van der Waals surface area contributed by atoms with Gasteiger partial charge in [0.2, 0.25) is 0 Å². The summed E-state index contributed by atoms with van der Waals surface area (Å²) >= 11 is 0. The molecule has 2 rings (SSSR count). The normalized spacial score (nSPS) is 15.9. The SMILES string of the molecule is Cc1ccc(N2CCN(C(=O)OC(C)(C)C)N(C(=O)OC(C)(C)C)CC2)nc1. The Hall–Kier alpha value is -2.51. The summed E-state index contributed by atoms with van der Waals surface area (Å²) in [5.41, 5.74) is -0.258. The topological polar surface area (TPSA) is 75.2 Å². The summed E-state index contributed by atoms with van der Waals surface area (Å²) in [5.74, 6) is 0.806. The average molecular weight is 393 g/mol. The molecular weight excluding hydrogens is 360 g/mol. The molecule has 0 aromatic carbocycles. The largest absolute Gasteiger partial charge is 0.442 e. The highest BCUT2D eigenvalue weighted by Crippen LogP contribution is 2.19. The van der Waals surface area contributed by atoms with Gasteiger partial charge in [0.15, 0.2) is 0 Å². The van der Waals surface area contributed by atoms with Gasteiger partial charge >= 0.3 is 12.2 Å². The number of carbonyl (C=O) groups excluding carboxylic acids is 2. The number of rotatable bonds is 1. The molecule has 8 heteroatoms. The molecule has 1 aromatic heterocycles. The van der Waals surface area contributed by atoms with Crippen molar-refractivity contribution in [3.8, 4) is 0 Å². The number of aromatic nitrogens is 1. The molecule has 0 unspecified atom stereocenters. The highest BCUT2D eigenvalue weighted by atomic mass is 16.6. The summed E-state index contributed by atoms with van der Waals surface area (Å²) in [6.45, 7) is 14.4. The Morgan fingerprint density at radius 3 is 1.68 bits per heavy atom. The second-order valence-corrected chi connectivity index (χ2v) is 8.89. The lowest BCUT2D eigenvalue weighted by molar-refractivity contribution is -0.0572. The monoisotopic (exact) mass is 392 g/mol. The number of nitrogens with zero attached hydrogens (tertiary/aromatic N) is 4. The maximum absolute atomic E-state index is 12.8. The fourth-order valence-electron chi connectivity index (χ4n) is 2.67. The third-order valence-electron chi connectivity index (χ3n) is 3.88. The zero-order valence-corrected chi connectivity index (χ0v) is 18.0. The van der Waals surface area contributed by atoms with E-state index < -0.39 is 23.4 Å². The van der Waals surface area contributed by atoms with Gasteiger partial charge < -0.3 is 14.4 Å². The molecule has 156 valence electrons. The van der Waals surface area contributed by atoms with E-state index in [1.54, 1.807) is 47.7 Å². The molecule has 0 saturated carbocycles. The number of anilines is 1. The molecule has 0 radical (unpaired) electrons. The smallest absolute Gasteiger partial charge is 0.429 e. The van der Waals surface area contributed by atoms with Gasteiger partial charge in [-0.15, -0.1) is 0 Å². The van der Waals surface area contributed by atoms with Crippen LogP contribution in [0.25, 0.3) is 0 Å². The summed E-state index contributed by atoms with van der Waals surface area (Å²) in [4.78, 5) is 32.0. The summed E-state index contributed by atoms with van der Waals surface area (Å²) in [6.07, 6.45) is 0.659. The van der Waals surface area contributed by atoms with E-state index in [2.05, 4.69) is 4.98 Å². The van der Waals surface area contributed by atoms with Gasteiger partial charge in [0.05, 0.1) is 13.1 Å².